The standard InChI is InChI=1S/C27H24N2OS4/c28-17-24(26-31-11-12-32-26)22(19-7-3-1-4-8-19)15-21(30)16-23(20-9-5-2-6-10-20)25(18-29)27-33-13-14-34-27/h1-10,22-23H,11-16H2. The van der Waals surface area contributed by atoms with E-state index < -0.39 is 0 Å². The molecule has 0 saturated carbocycles. The number of Topliss-reactive ketones (excluding diaryl/α,β-unsaturated/α-hetero) is 1. The fourth-order valence-electron chi connectivity index (χ4n) is 4.15. The lowest BCUT2D eigenvalue weighted by Crippen LogP contribution is -2.14. The minimum atomic E-state index is -0.267. The second-order valence-electron chi connectivity index (χ2n) is 7.89. The number of carbonyl (C=O) groups excluding carboxylic acids is 1. The van der Waals surface area contributed by atoms with Crippen LogP contribution in [-0.2, 0) is 4.79 Å². The van der Waals surface area contributed by atoms with E-state index in [2.05, 4.69) is 12.1 Å². The molecule has 34 heavy (non-hydrogen) atoms. The highest BCUT2D eigenvalue weighted by Gasteiger charge is 2.30. The van der Waals surface area contributed by atoms with Gasteiger partial charge in [-0.3, -0.25) is 4.79 Å². The molecule has 2 aromatic carbocycles. The molecule has 0 N–H and O–H groups in total. The van der Waals surface area contributed by atoms with Crippen molar-refractivity contribution in [2.24, 2.45) is 0 Å². The van der Waals surface area contributed by atoms with Crippen LogP contribution in [0.4, 0.5) is 0 Å². The zero-order valence-electron chi connectivity index (χ0n) is 18.6. The van der Waals surface area contributed by atoms with Gasteiger partial charge in [-0.15, -0.1) is 47.0 Å². The van der Waals surface area contributed by atoms with Gasteiger partial charge in [0, 0.05) is 47.7 Å². The molecule has 4 rings (SSSR count). The van der Waals surface area contributed by atoms with E-state index in [0.717, 1.165) is 42.6 Å². The van der Waals surface area contributed by atoms with Gasteiger partial charge < -0.3 is 0 Å². The van der Waals surface area contributed by atoms with Gasteiger partial charge in [0.05, 0.1) is 31.8 Å². The van der Waals surface area contributed by atoms with Crippen molar-refractivity contribution in [3.05, 3.63) is 91.4 Å². The van der Waals surface area contributed by atoms with Crippen molar-refractivity contribution in [1.29, 1.82) is 10.5 Å². The maximum atomic E-state index is 13.6. The van der Waals surface area contributed by atoms with E-state index in [-0.39, 0.29) is 30.5 Å². The summed E-state index contributed by atoms with van der Waals surface area (Å²) in [4.78, 5) is 13.6. The fourth-order valence-corrected chi connectivity index (χ4v) is 9.26. The summed E-state index contributed by atoms with van der Waals surface area (Å²) in [6, 6.07) is 24.6. The summed E-state index contributed by atoms with van der Waals surface area (Å²) < 4.78 is 2.09. The molecule has 0 amide bonds. The Bertz CT molecular complexity index is 1060. The zero-order chi connectivity index (χ0) is 23.8. The van der Waals surface area contributed by atoms with Crippen LogP contribution in [0.1, 0.15) is 35.8 Å². The number of benzene rings is 2. The Kier molecular flexibility index (Phi) is 9.30. The number of hydrogen-bond donors (Lipinski definition) is 0. The minimum absolute atomic E-state index is 0.0744. The Morgan fingerprint density at radius 3 is 1.35 bits per heavy atom. The largest absolute Gasteiger partial charge is 0.300 e. The van der Waals surface area contributed by atoms with Gasteiger partial charge in [-0.1, -0.05) is 60.7 Å². The van der Waals surface area contributed by atoms with Gasteiger partial charge in [-0.25, -0.2) is 0 Å². The average Bonchev–Trinajstić information content (AvgIpc) is 3.60. The number of hydrogen-bond acceptors (Lipinski definition) is 7. The molecule has 2 aliphatic heterocycles. The third-order valence-corrected chi connectivity index (χ3v) is 11.2. The summed E-state index contributed by atoms with van der Waals surface area (Å²) in [5, 5.41) is 20.1. The molecule has 3 nitrogen and oxygen atoms in total. The molecule has 0 aromatic heterocycles. The van der Waals surface area contributed by atoms with Crippen molar-refractivity contribution in [2.75, 3.05) is 23.0 Å². The Labute approximate surface area is 218 Å². The second-order valence-corrected chi connectivity index (χ2v) is 12.8. The van der Waals surface area contributed by atoms with Gasteiger partial charge >= 0.3 is 0 Å². The van der Waals surface area contributed by atoms with Crippen LogP contribution < -0.4 is 0 Å². The molecule has 172 valence electrons. The SMILES string of the molecule is N#CC(=C1SCCS1)C(CC(=O)CC(C(C#N)=C1SCCS1)c1ccccc1)c1ccccc1. The Hall–Kier alpha value is -2.03. The summed E-state index contributed by atoms with van der Waals surface area (Å²) in [6.07, 6.45) is 0.518. The first-order chi connectivity index (χ1) is 16.7. The normalized spacial score (nSPS) is 17.0. The number of allylic oxidation sites excluding steroid dienone is 2. The lowest BCUT2D eigenvalue weighted by atomic mass is 9.83. The van der Waals surface area contributed by atoms with Gasteiger partial charge in [-0.2, -0.15) is 10.5 Å². The van der Waals surface area contributed by atoms with E-state index in [1.807, 2.05) is 60.7 Å². The van der Waals surface area contributed by atoms with E-state index in [4.69, 9.17) is 0 Å². The van der Waals surface area contributed by atoms with Crippen molar-refractivity contribution in [2.45, 2.75) is 24.7 Å². The van der Waals surface area contributed by atoms with Gasteiger partial charge in [0.25, 0.3) is 0 Å². The van der Waals surface area contributed by atoms with Crippen molar-refractivity contribution >= 4 is 52.8 Å². The van der Waals surface area contributed by atoms with Gasteiger partial charge in [0.15, 0.2) is 0 Å². The molecule has 2 saturated heterocycles. The zero-order valence-corrected chi connectivity index (χ0v) is 21.9. The van der Waals surface area contributed by atoms with Crippen LogP contribution in [-0.4, -0.2) is 28.8 Å². The highest BCUT2D eigenvalue weighted by atomic mass is 32.2. The molecule has 0 radical (unpaired) electrons. The summed E-state index contributed by atoms with van der Waals surface area (Å²) in [6.45, 7) is 0. The van der Waals surface area contributed by atoms with E-state index in [1.54, 1.807) is 47.0 Å². The summed E-state index contributed by atoms with van der Waals surface area (Å²) in [7, 11) is 0. The van der Waals surface area contributed by atoms with Crippen molar-refractivity contribution in [3.63, 3.8) is 0 Å². The van der Waals surface area contributed by atoms with Crippen molar-refractivity contribution in [3.8, 4) is 12.1 Å². The van der Waals surface area contributed by atoms with E-state index in [9.17, 15) is 15.3 Å². The molecule has 2 aliphatic rings. The monoisotopic (exact) mass is 520 g/mol. The van der Waals surface area contributed by atoms with Gasteiger partial charge in [0.1, 0.15) is 5.78 Å². The topological polar surface area (TPSA) is 64.7 Å². The molecule has 7 heteroatoms. The minimum Gasteiger partial charge on any atom is -0.300 e. The predicted octanol–water partition coefficient (Wildman–Crippen LogP) is 7.33. The third-order valence-electron chi connectivity index (χ3n) is 5.74. The molecular weight excluding hydrogens is 497 g/mol. The molecule has 2 fully saturated rings. The fraction of sp³-hybridized carbons (Fsp3) is 0.296. The lowest BCUT2D eigenvalue weighted by Gasteiger charge is -2.21. The molecule has 2 heterocycles. The van der Waals surface area contributed by atoms with Crippen LogP contribution in [0.15, 0.2) is 80.3 Å². The molecule has 2 atom stereocenters. The summed E-state index contributed by atoms with van der Waals surface area (Å²) in [5.41, 5.74) is 3.38. The van der Waals surface area contributed by atoms with Crippen LogP contribution in [0.3, 0.4) is 0 Å². The molecule has 2 unspecified atom stereocenters. The smallest absolute Gasteiger partial charge is 0.134 e. The Morgan fingerprint density at radius 2 is 1.03 bits per heavy atom. The Morgan fingerprint density at radius 1 is 0.676 bits per heavy atom. The highest BCUT2D eigenvalue weighted by molar-refractivity contribution is 8.25. The first kappa shape index (κ1) is 25.1. The first-order valence-corrected chi connectivity index (χ1v) is 15.1. The summed E-state index contributed by atoms with van der Waals surface area (Å²) in [5.74, 6) is 3.51. The Balaban J connectivity index is 1.65. The number of carbonyl (C=O) groups is 1. The average molecular weight is 521 g/mol. The van der Waals surface area contributed by atoms with Crippen LogP contribution in [0.5, 0.6) is 0 Å². The number of ketones is 1. The van der Waals surface area contributed by atoms with E-state index in [1.165, 1.54) is 0 Å². The highest BCUT2D eigenvalue weighted by Crippen LogP contribution is 2.46. The van der Waals surface area contributed by atoms with Crippen LogP contribution in [0, 0.1) is 22.7 Å². The third kappa shape index (κ3) is 6.15. The van der Waals surface area contributed by atoms with E-state index in [0.29, 0.717) is 11.1 Å². The van der Waals surface area contributed by atoms with Crippen LogP contribution in [0.25, 0.3) is 0 Å². The molecular formula is C27H24N2OS4. The van der Waals surface area contributed by atoms with Crippen molar-refractivity contribution < 1.29 is 4.79 Å². The maximum absolute atomic E-state index is 13.6. The number of nitrogens with zero attached hydrogens (tertiary/aromatic N) is 2. The molecule has 2 aromatic rings. The predicted molar refractivity (Wildman–Crippen MR) is 148 cm³/mol. The summed E-state index contributed by atoms with van der Waals surface area (Å²) >= 11 is 6.86. The van der Waals surface area contributed by atoms with Gasteiger partial charge in [0.2, 0.25) is 0 Å². The second kappa shape index (κ2) is 12.6. The van der Waals surface area contributed by atoms with Crippen molar-refractivity contribution in [1.82, 2.24) is 0 Å². The number of thioether (sulfide) groups is 4. The molecule has 0 bridgehead atoms. The lowest BCUT2D eigenvalue weighted by molar-refractivity contribution is -0.119. The first-order valence-electron chi connectivity index (χ1n) is 11.1. The number of rotatable bonds is 8. The molecule has 0 spiro atoms. The maximum Gasteiger partial charge on any atom is 0.134 e. The van der Waals surface area contributed by atoms with E-state index >= 15 is 0 Å². The number of nitriles is 2. The van der Waals surface area contributed by atoms with Gasteiger partial charge in [-0.05, 0) is 11.1 Å². The van der Waals surface area contributed by atoms with Crippen LogP contribution >= 0.6 is 47.0 Å². The van der Waals surface area contributed by atoms with Crippen LogP contribution in [0.2, 0.25) is 0 Å². The quantitative estimate of drug-likeness (QED) is 0.338. The molecule has 0 aliphatic carbocycles.